The van der Waals surface area contributed by atoms with Crippen LogP contribution < -0.4 is 4.90 Å². The van der Waals surface area contributed by atoms with Gasteiger partial charge >= 0.3 is 0 Å². The summed E-state index contributed by atoms with van der Waals surface area (Å²) in [5.74, 6) is 0. The number of nitro benzene ring substituents is 1. The molecular weight excluding hydrogens is 242 g/mol. The monoisotopic (exact) mass is 261 g/mol. The zero-order valence-electron chi connectivity index (χ0n) is 11.4. The molecule has 0 unspecified atom stereocenters. The van der Waals surface area contributed by atoms with Crippen LogP contribution in [-0.2, 0) is 0 Å². The maximum atomic E-state index is 11.0. The Hall–Kier alpha value is -1.88. The summed E-state index contributed by atoms with van der Waals surface area (Å²) in [5, 5.41) is 11.0. The van der Waals surface area contributed by atoms with Crippen molar-refractivity contribution in [2.24, 2.45) is 0 Å². The van der Waals surface area contributed by atoms with Crippen molar-refractivity contribution in [1.29, 1.82) is 0 Å². The number of nitro groups is 1. The van der Waals surface area contributed by atoms with Crippen molar-refractivity contribution in [2.45, 2.75) is 6.92 Å². The average molecular weight is 261 g/mol. The van der Waals surface area contributed by atoms with E-state index in [1.54, 1.807) is 13.0 Å². The standard InChI is InChI=1S/C14H19N3O2/c1-11(2)13-10-12(4-5-14(13)17(18)19)16-8-6-15(3)7-9-16/h4-5,10H,1,6-9H2,2-3H3. The van der Waals surface area contributed by atoms with Gasteiger partial charge in [0.25, 0.3) is 5.69 Å². The van der Waals surface area contributed by atoms with Crippen LogP contribution in [0.15, 0.2) is 24.8 Å². The topological polar surface area (TPSA) is 49.6 Å². The van der Waals surface area contributed by atoms with Crippen LogP contribution in [0.25, 0.3) is 5.57 Å². The van der Waals surface area contributed by atoms with Gasteiger partial charge in [0.1, 0.15) is 0 Å². The summed E-state index contributed by atoms with van der Waals surface area (Å²) in [4.78, 5) is 15.2. The van der Waals surface area contributed by atoms with E-state index in [0.717, 1.165) is 37.4 Å². The van der Waals surface area contributed by atoms with Crippen molar-refractivity contribution < 1.29 is 4.92 Å². The van der Waals surface area contributed by atoms with E-state index in [-0.39, 0.29) is 10.6 Å². The van der Waals surface area contributed by atoms with Crippen LogP contribution in [-0.4, -0.2) is 43.0 Å². The molecule has 0 amide bonds. The lowest BCUT2D eigenvalue weighted by Gasteiger charge is -2.34. The number of hydrogen-bond acceptors (Lipinski definition) is 4. The van der Waals surface area contributed by atoms with Gasteiger partial charge in [-0.2, -0.15) is 0 Å². The number of likely N-dealkylation sites (N-methyl/N-ethyl adjacent to an activating group) is 1. The number of benzene rings is 1. The van der Waals surface area contributed by atoms with Gasteiger partial charge < -0.3 is 9.80 Å². The molecule has 1 saturated heterocycles. The first kappa shape index (κ1) is 13.5. The molecule has 0 aliphatic carbocycles. The first-order valence-electron chi connectivity index (χ1n) is 6.37. The minimum absolute atomic E-state index is 0.130. The van der Waals surface area contributed by atoms with Gasteiger partial charge in [-0.15, -0.1) is 0 Å². The molecule has 0 N–H and O–H groups in total. The molecular formula is C14H19N3O2. The van der Waals surface area contributed by atoms with Gasteiger partial charge in [-0.3, -0.25) is 10.1 Å². The highest BCUT2D eigenvalue weighted by Gasteiger charge is 2.19. The van der Waals surface area contributed by atoms with Crippen LogP contribution >= 0.6 is 0 Å². The quantitative estimate of drug-likeness (QED) is 0.619. The van der Waals surface area contributed by atoms with Crippen LogP contribution in [0.2, 0.25) is 0 Å². The van der Waals surface area contributed by atoms with Crippen molar-refractivity contribution in [3.05, 3.63) is 40.5 Å². The first-order chi connectivity index (χ1) is 8.99. The van der Waals surface area contributed by atoms with Gasteiger partial charge in [0.15, 0.2) is 0 Å². The molecule has 0 radical (unpaired) electrons. The maximum Gasteiger partial charge on any atom is 0.276 e. The predicted octanol–water partition coefficient (Wildman–Crippen LogP) is 2.38. The third kappa shape index (κ3) is 2.93. The van der Waals surface area contributed by atoms with Crippen molar-refractivity contribution in [3.8, 4) is 0 Å². The van der Waals surface area contributed by atoms with Crippen LogP contribution in [0, 0.1) is 10.1 Å². The molecule has 0 bridgehead atoms. The summed E-state index contributed by atoms with van der Waals surface area (Å²) in [6, 6.07) is 5.29. The lowest BCUT2D eigenvalue weighted by Crippen LogP contribution is -2.44. The van der Waals surface area contributed by atoms with Crippen molar-refractivity contribution in [1.82, 2.24) is 4.90 Å². The second-order valence-electron chi connectivity index (χ2n) is 5.03. The van der Waals surface area contributed by atoms with Gasteiger partial charge in [-0.1, -0.05) is 6.58 Å². The van der Waals surface area contributed by atoms with E-state index in [1.165, 1.54) is 0 Å². The summed E-state index contributed by atoms with van der Waals surface area (Å²) in [5.41, 5.74) is 2.52. The lowest BCUT2D eigenvalue weighted by molar-refractivity contribution is -0.385. The van der Waals surface area contributed by atoms with E-state index in [2.05, 4.69) is 23.4 Å². The summed E-state index contributed by atoms with van der Waals surface area (Å²) < 4.78 is 0. The maximum absolute atomic E-state index is 11.0. The molecule has 1 heterocycles. The Labute approximate surface area is 113 Å². The Morgan fingerprint density at radius 2 is 1.95 bits per heavy atom. The Morgan fingerprint density at radius 3 is 2.47 bits per heavy atom. The molecule has 2 rings (SSSR count). The van der Waals surface area contributed by atoms with Gasteiger partial charge in [-0.25, -0.2) is 0 Å². The van der Waals surface area contributed by atoms with Gasteiger partial charge in [-0.05, 0) is 31.7 Å². The molecule has 1 fully saturated rings. The Balaban J connectivity index is 2.30. The fraction of sp³-hybridized carbons (Fsp3) is 0.429. The van der Waals surface area contributed by atoms with Gasteiger partial charge in [0, 0.05) is 37.9 Å². The number of anilines is 1. The summed E-state index contributed by atoms with van der Waals surface area (Å²) >= 11 is 0. The Morgan fingerprint density at radius 1 is 1.32 bits per heavy atom. The molecule has 1 aromatic carbocycles. The zero-order valence-corrected chi connectivity index (χ0v) is 11.4. The molecule has 102 valence electrons. The second-order valence-corrected chi connectivity index (χ2v) is 5.03. The van der Waals surface area contributed by atoms with Crippen molar-refractivity contribution in [3.63, 3.8) is 0 Å². The van der Waals surface area contributed by atoms with Crippen LogP contribution in [0.4, 0.5) is 11.4 Å². The second kappa shape index (κ2) is 5.40. The summed E-state index contributed by atoms with van der Waals surface area (Å²) in [6.45, 7) is 9.56. The van der Waals surface area contributed by atoms with E-state index in [0.29, 0.717) is 5.56 Å². The largest absolute Gasteiger partial charge is 0.369 e. The van der Waals surface area contributed by atoms with E-state index in [9.17, 15) is 10.1 Å². The molecule has 0 spiro atoms. The number of allylic oxidation sites excluding steroid dienone is 1. The minimum Gasteiger partial charge on any atom is -0.369 e. The Kier molecular flexibility index (Phi) is 3.85. The van der Waals surface area contributed by atoms with Crippen LogP contribution in [0.1, 0.15) is 12.5 Å². The number of piperazine rings is 1. The summed E-state index contributed by atoms with van der Waals surface area (Å²) in [6.07, 6.45) is 0. The molecule has 1 aliphatic rings. The number of nitrogens with zero attached hydrogens (tertiary/aromatic N) is 3. The molecule has 0 aromatic heterocycles. The molecule has 1 aliphatic heterocycles. The fourth-order valence-corrected chi connectivity index (χ4v) is 2.29. The van der Waals surface area contributed by atoms with E-state index in [1.807, 2.05) is 12.1 Å². The van der Waals surface area contributed by atoms with E-state index in [4.69, 9.17) is 0 Å². The highest BCUT2D eigenvalue weighted by atomic mass is 16.6. The van der Waals surface area contributed by atoms with Crippen molar-refractivity contribution >= 4 is 16.9 Å². The predicted molar refractivity (Wildman–Crippen MR) is 77.5 cm³/mol. The van der Waals surface area contributed by atoms with E-state index < -0.39 is 0 Å². The smallest absolute Gasteiger partial charge is 0.276 e. The molecule has 19 heavy (non-hydrogen) atoms. The van der Waals surface area contributed by atoms with Crippen LogP contribution in [0.5, 0.6) is 0 Å². The number of hydrogen-bond donors (Lipinski definition) is 0. The Bertz CT molecular complexity index is 505. The molecule has 5 heteroatoms. The normalized spacial score (nSPS) is 16.4. The van der Waals surface area contributed by atoms with Crippen LogP contribution in [0.3, 0.4) is 0 Å². The minimum atomic E-state index is -0.349. The molecule has 0 atom stereocenters. The van der Waals surface area contributed by atoms with E-state index >= 15 is 0 Å². The zero-order chi connectivity index (χ0) is 14.0. The van der Waals surface area contributed by atoms with Crippen molar-refractivity contribution in [2.75, 3.05) is 38.1 Å². The first-order valence-corrected chi connectivity index (χ1v) is 6.37. The third-order valence-corrected chi connectivity index (χ3v) is 3.51. The molecule has 5 nitrogen and oxygen atoms in total. The molecule has 0 saturated carbocycles. The SMILES string of the molecule is C=C(C)c1cc(N2CCN(C)CC2)ccc1[N+](=O)[O-]. The fourth-order valence-electron chi connectivity index (χ4n) is 2.29. The van der Waals surface area contributed by atoms with Gasteiger partial charge in [0.05, 0.1) is 10.5 Å². The number of rotatable bonds is 3. The summed E-state index contributed by atoms with van der Waals surface area (Å²) in [7, 11) is 2.10. The average Bonchev–Trinajstić information content (AvgIpc) is 2.38. The lowest BCUT2D eigenvalue weighted by atomic mass is 10.1. The highest BCUT2D eigenvalue weighted by molar-refractivity contribution is 5.73. The molecule has 1 aromatic rings. The highest BCUT2D eigenvalue weighted by Crippen LogP contribution is 2.29. The third-order valence-electron chi connectivity index (χ3n) is 3.51. The van der Waals surface area contributed by atoms with Gasteiger partial charge in [0.2, 0.25) is 0 Å².